The molecule has 0 amide bonds. The molecule has 1 N–H and O–H groups in total. The molecular weight excluding hydrogens is 262 g/mol. The molecule has 1 aliphatic rings. The van der Waals surface area contributed by atoms with E-state index in [1.54, 1.807) is 7.11 Å². The molecule has 0 saturated carbocycles. The van der Waals surface area contributed by atoms with E-state index in [4.69, 9.17) is 21.1 Å². The third kappa shape index (κ3) is 3.93. The van der Waals surface area contributed by atoms with Crippen LogP contribution in [0.1, 0.15) is 18.4 Å². The number of methoxy groups -OCH3 is 1. The van der Waals surface area contributed by atoms with Gasteiger partial charge in [0, 0.05) is 50.5 Å². The quantitative estimate of drug-likeness (QED) is 0.744. The first-order valence-corrected chi connectivity index (χ1v) is 7.18. The lowest BCUT2D eigenvalue weighted by atomic mass is 9.73. The van der Waals surface area contributed by atoms with Crippen LogP contribution in [0.25, 0.3) is 0 Å². The minimum atomic E-state index is 0.228. The van der Waals surface area contributed by atoms with Crippen molar-refractivity contribution in [3.05, 3.63) is 34.9 Å². The lowest BCUT2D eigenvalue weighted by Gasteiger charge is -2.43. The van der Waals surface area contributed by atoms with Gasteiger partial charge in [0.25, 0.3) is 0 Å². The molecule has 0 atom stereocenters. The number of hydrogen-bond acceptors (Lipinski definition) is 3. The molecule has 0 bridgehead atoms. The predicted octanol–water partition coefficient (Wildman–Crippen LogP) is 2.62. The SMILES string of the molecule is COCCCOCCC1(c2ccc(Cl)cc2)CNC1. The molecule has 4 heteroatoms. The van der Waals surface area contributed by atoms with Crippen LogP contribution in [0.3, 0.4) is 0 Å². The molecule has 106 valence electrons. The van der Waals surface area contributed by atoms with Crippen LogP contribution in [0.5, 0.6) is 0 Å². The Hall–Kier alpha value is -0.610. The summed E-state index contributed by atoms with van der Waals surface area (Å²) < 4.78 is 10.7. The maximum atomic E-state index is 5.95. The minimum absolute atomic E-state index is 0.228. The molecule has 0 aliphatic carbocycles. The second-order valence-electron chi connectivity index (χ2n) is 5.10. The second kappa shape index (κ2) is 7.25. The fourth-order valence-corrected chi connectivity index (χ4v) is 2.56. The van der Waals surface area contributed by atoms with Crippen LogP contribution in [0, 0.1) is 0 Å². The van der Waals surface area contributed by atoms with E-state index in [9.17, 15) is 0 Å². The predicted molar refractivity (Wildman–Crippen MR) is 77.9 cm³/mol. The summed E-state index contributed by atoms with van der Waals surface area (Å²) in [7, 11) is 1.72. The van der Waals surface area contributed by atoms with Crippen molar-refractivity contribution in [3.8, 4) is 0 Å². The molecular formula is C15H22ClNO2. The average molecular weight is 284 g/mol. The molecule has 0 radical (unpaired) electrons. The monoisotopic (exact) mass is 283 g/mol. The molecule has 1 aliphatic heterocycles. The first kappa shape index (κ1) is 14.8. The zero-order chi connectivity index (χ0) is 13.6. The van der Waals surface area contributed by atoms with E-state index in [1.165, 1.54) is 5.56 Å². The molecule has 1 aromatic carbocycles. The summed E-state index contributed by atoms with van der Waals surface area (Å²) in [5, 5.41) is 4.16. The van der Waals surface area contributed by atoms with Gasteiger partial charge < -0.3 is 14.8 Å². The largest absolute Gasteiger partial charge is 0.385 e. The fraction of sp³-hybridized carbons (Fsp3) is 0.600. The van der Waals surface area contributed by atoms with Gasteiger partial charge in [-0.2, -0.15) is 0 Å². The Morgan fingerprint density at radius 3 is 2.47 bits per heavy atom. The number of hydrogen-bond donors (Lipinski definition) is 1. The molecule has 1 fully saturated rings. The van der Waals surface area contributed by atoms with Gasteiger partial charge in [0.05, 0.1) is 0 Å². The molecule has 3 nitrogen and oxygen atoms in total. The van der Waals surface area contributed by atoms with E-state index in [0.717, 1.165) is 50.8 Å². The van der Waals surface area contributed by atoms with E-state index in [0.29, 0.717) is 0 Å². The second-order valence-corrected chi connectivity index (χ2v) is 5.54. The van der Waals surface area contributed by atoms with Gasteiger partial charge in [0.15, 0.2) is 0 Å². The maximum Gasteiger partial charge on any atom is 0.0487 e. The first-order valence-electron chi connectivity index (χ1n) is 6.80. The zero-order valence-corrected chi connectivity index (χ0v) is 12.2. The number of halogens is 1. The molecule has 1 heterocycles. The highest BCUT2D eigenvalue weighted by atomic mass is 35.5. The summed E-state index contributed by atoms with van der Waals surface area (Å²) in [6.45, 7) is 4.39. The smallest absolute Gasteiger partial charge is 0.0487 e. The van der Waals surface area contributed by atoms with E-state index in [1.807, 2.05) is 12.1 Å². The van der Waals surface area contributed by atoms with Gasteiger partial charge in [-0.25, -0.2) is 0 Å². The molecule has 0 unspecified atom stereocenters. The highest BCUT2D eigenvalue weighted by Gasteiger charge is 2.38. The topological polar surface area (TPSA) is 30.5 Å². The van der Waals surface area contributed by atoms with Crippen LogP contribution in [0.2, 0.25) is 5.02 Å². The summed E-state index contributed by atoms with van der Waals surface area (Å²) in [4.78, 5) is 0. The minimum Gasteiger partial charge on any atom is -0.385 e. The summed E-state index contributed by atoms with van der Waals surface area (Å²) >= 11 is 5.95. The van der Waals surface area contributed by atoms with Crippen molar-refractivity contribution in [2.75, 3.05) is 40.0 Å². The van der Waals surface area contributed by atoms with Crippen LogP contribution in [-0.4, -0.2) is 40.0 Å². The summed E-state index contributed by atoms with van der Waals surface area (Å²) in [6, 6.07) is 8.20. The number of ether oxygens (including phenoxy) is 2. The Labute approximate surface area is 120 Å². The maximum absolute atomic E-state index is 5.95. The highest BCUT2D eigenvalue weighted by molar-refractivity contribution is 6.30. The Balaban J connectivity index is 1.80. The Bertz CT molecular complexity index is 376. The molecule has 0 spiro atoms. The van der Waals surface area contributed by atoms with Crippen LogP contribution in [0.15, 0.2) is 24.3 Å². The van der Waals surface area contributed by atoms with Crippen LogP contribution in [-0.2, 0) is 14.9 Å². The van der Waals surface area contributed by atoms with Crippen LogP contribution >= 0.6 is 11.6 Å². The molecule has 19 heavy (non-hydrogen) atoms. The van der Waals surface area contributed by atoms with Crippen molar-refractivity contribution < 1.29 is 9.47 Å². The van der Waals surface area contributed by atoms with Crippen molar-refractivity contribution in [2.45, 2.75) is 18.3 Å². The van der Waals surface area contributed by atoms with Crippen molar-refractivity contribution in [3.63, 3.8) is 0 Å². The van der Waals surface area contributed by atoms with Crippen molar-refractivity contribution in [1.82, 2.24) is 5.32 Å². The molecule has 1 saturated heterocycles. The zero-order valence-electron chi connectivity index (χ0n) is 11.5. The van der Waals surface area contributed by atoms with Gasteiger partial charge in [-0.15, -0.1) is 0 Å². The number of nitrogens with one attached hydrogen (secondary N) is 1. The van der Waals surface area contributed by atoms with Gasteiger partial charge >= 0.3 is 0 Å². The van der Waals surface area contributed by atoms with Crippen molar-refractivity contribution in [1.29, 1.82) is 0 Å². The summed E-state index contributed by atoms with van der Waals surface area (Å²) in [6.07, 6.45) is 2.01. The Kier molecular flexibility index (Phi) is 5.64. The standard InChI is InChI=1S/C15H22ClNO2/c1-18-8-2-9-19-10-7-15(11-17-12-15)13-3-5-14(16)6-4-13/h3-6,17H,2,7-12H2,1H3. The normalized spacial score (nSPS) is 17.2. The third-order valence-corrected chi connectivity index (χ3v) is 4.00. The molecule has 0 aromatic heterocycles. The highest BCUT2D eigenvalue weighted by Crippen LogP contribution is 2.32. The summed E-state index contributed by atoms with van der Waals surface area (Å²) in [5.41, 5.74) is 1.59. The lowest BCUT2D eigenvalue weighted by molar-refractivity contribution is 0.0805. The van der Waals surface area contributed by atoms with Gasteiger partial charge in [0.1, 0.15) is 0 Å². The Morgan fingerprint density at radius 1 is 1.16 bits per heavy atom. The van der Waals surface area contributed by atoms with Crippen LogP contribution in [0.4, 0.5) is 0 Å². The van der Waals surface area contributed by atoms with Gasteiger partial charge in [-0.05, 0) is 30.5 Å². The number of rotatable bonds is 8. The first-order chi connectivity index (χ1) is 9.27. The van der Waals surface area contributed by atoms with Crippen LogP contribution < -0.4 is 5.32 Å². The third-order valence-electron chi connectivity index (χ3n) is 3.75. The van der Waals surface area contributed by atoms with Crippen molar-refractivity contribution >= 4 is 11.6 Å². The van der Waals surface area contributed by atoms with Gasteiger partial charge in [-0.3, -0.25) is 0 Å². The van der Waals surface area contributed by atoms with Gasteiger partial charge in [0.2, 0.25) is 0 Å². The fourth-order valence-electron chi connectivity index (χ4n) is 2.43. The van der Waals surface area contributed by atoms with E-state index in [-0.39, 0.29) is 5.41 Å². The summed E-state index contributed by atoms with van der Waals surface area (Å²) in [5.74, 6) is 0. The Morgan fingerprint density at radius 2 is 1.89 bits per heavy atom. The van der Waals surface area contributed by atoms with Crippen molar-refractivity contribution in [2.24, 2.45) is 0 Å². The van der Waals surface area contributed by atoms with E-state index < -0.39 is 0 Å². The molecule has 1 aromatic rings. The number of benzene rings is 1. The lowest BCUT2D eigenvalue weighted by Crippen LogP contribution is -2.57. The van der Waals surface area contributed by atoms with Gasteiger partial charge in [-0.1, -0.05) is 23.7 Å². The molecule has 2 rings (SSSR count). The average Bonchev–Trinajstić information content (AvgIpc) is 2.38. The van der Waals surface area contributed by atoms with E-state index in [2.05, 4.69) is 17.4 Å². The van der Waals surface area contributed by atoms with E-state index >= 15 is 0 Å².